The van der Waals surface area contributed by atoms with Crippen LogP contribution in [0.2, 0.25) is 0 Å². The minimum atomic E-state index is -0.871. The largest absolute Gasteiger partial charge is 0.491 e. The molecule has 1 N–H and O–H groups in total. The molecule has 118 valence electrons. The number of likely N-dealkylation sites (tertiary alicyclic amines) is 1. The number of β-amino-alcohol motifs (C(OH)–C–C–N with tert-alkyl or cyclic N) is 1. The van der Waals surface area contributed by atoms with Crippen molar-refractivity contribution in [3.05, 3.63) is 30.3 Å². The molecule has 5 nitrogen and oxygen atoms in total. The number of ether oxygens (including phenoxy) is 1. The monoisotopic (exact) mass is 303 g/mol. The number of aliphatic hydroxyl groups is 1. The van der Waals surface area contributed by atoms with Crippen LogP contribution in [0, 0.1) is 5.41 Å². The standard InChI is InChI=1S/C17H21NO4/c19-13(12-22-14-6-2-1-3-7-14)11-18-15(20)10-17(16(18)21)8-4-5-9-17/h1-3,6-7,13,19H,4-5,8-12H2/t13-/m0/s1. The molecule has 1 spiro atoms. The Kier molecular flexibility index (Phi) is 4.16. The zero-order chi connectivity index (χ0) is 15.6. The number of aliphatic hydroxyl groups excluding tert-OH is 1. The van der Waals surface area contributed by atoms with E-state index in [2.05, 4.69) is 0 Å². The third-order valence-corrected chi connectivity index (χ3v) is 4.63. The lowest BCUT2D eigenvalue weighted by atomic mass is 9.84. The average Bonchev–Trinajstić information content (AvgIpc) is 3.08. The molecule has 1 saturated carbocycles. The topological polar surface area (TPSA) is 66.8 Å². The van der Waals surface area contributed by atoms with Crippen LogP contribution in [0.5, 0.6) is 5.75 Å². The number of amides is 2. The number of benzene rings is 1. The van der Waals surface area contributed by atoms with E-state index in [1.165, 1.54) is 4.90 Å². The Morgan fingerprint density at radius 3 is 2.55 bits per heavy atom. The Morgan fingerprint density at radius 2 is 1.86 bits per heavy atom. The molecular formula is C17H21NO4. The average molecular weight is 303 g/mol. The zero-order valence-electron chi connectivity index (χ0n) is 12.5. The van der Waals surface area contributed by atoms with E-state index in [1.54, 1.807) is 12.1 Å². The molecule has 5 heteroatoms. The van der Waals surface area contributed by atoms with E-state index in [-0.39, 0.29) is 25.0 Å². The van der Waals surface area contributed by atoms with Crippen LogP contribution in [-0.2, 0) is 9.59 Å². The Hall–Kier alpha value is -1.88. The van der Waals surface area contributed by atoms with Gasteiger partial charge in [-0.15, -0.1) is 0 Å². The highest BCUT2D eigenvalue weighted by atomic mass is 16.5. The maximum absolute atomic E-state index is 12.5. The molecule has 1 aliphatic heterocycles. The third kappa shape index (κ3) is 2.86. The van der Waals surface area contributed by atoms with E-state index < -0.39 is 11.5 Å². The quantitative estimate of drug-likeness (QED) is 0.842. The Balaban J connectivity index is 1.56. The second-order valence-electron chi connectivity index (χ2n) is 6.25. The predicted molar refractivity (Wildman–Crippen MR) is 80.2 cm³/mol. The van der Waals surface area contributed by atoms with Crippen LogP contribution in [0.3, 0.4) is 0 Å². The fourth-order valence-corrected chi connectivity index (χ4v) is 3.46. The first kappa shape index (κ1) is 15.0. The summed E-state index contributed by atoms with van der Waals surface area (Å²) in [5.74, 6) is 0.396. The Labute approximate surface area is 129 Å². The van der Waals surface area contributed by atoms with Crippen molar-refractivity contribution in [1.29, 1.82) is 0 Å². The van der Waals surface area contributed by atoms with Crippen molar-refractivity contribution in [1.82, 2.24) is 4.90 Å². The van der Waals surface area contributed by atoms with Gasteiger partial charge in [0.05, 0.1) is 12.0 Å². The molecule has 0 bridgehead atoms. The summed E-state index contributed by atoms with van der Waals surface area (Å²) in [7, 11) is 0. The molecule has 1 saturated heterocycles. The minimum Gasteiger partial charge on any atom is -0.491 e. The highest BCUT2D eigenvalue weighted by Gasteiger charge is 2.52. The van der Waals surface area contributed by atoms with E-state index in [1.807, 2.05) is 18.2 Å². The summed E-state index contributed by atoms with van der Waals surface area (Å²) >= 11 is 0. The lowest BCUT2D eigenvalue weighted by Crippen LogP contribution is -2.41. The fourth-order valence-electron chi connectivity index (χ4n) is 3.46. The smallest absolute Gasteiger partial charge is 0.235 e. The van der Waals surface area contributed by atoms with Crippen molar-refractivity contribution in [2.24, 2.45) is 5.41 Å². The summed E-state index contributed by atoms with van der Waals surface area (Å²) in [5.41, 5.74) is -0.475. The van der Waals surface area contributed by atoms with E-state index in [9.17, 15) is 14.7 Å². The molecule has 1 aromatic carbocycles. The molecule has 1 atom stereocenters. The first-order valence-corrected chi connectivity index (χ1v) is 7.81. The Bertz CT molecular complexity index is 551. The lowest BCUT2D eigenvalue weighted by Gasteiger charge is -2.22. The molecule has 2 aliphatic rings. The van der Waals surface area contributed by atoms with Gasteiger partial charge in [-0.25, -0.2) is 0 Å². The summed E-state index contributed by atoms with van der Waals surface area (Å²) in [6, 6.07) is 9.17. The summed E-state index contributed by atoms with van der Waals surface area (Å²) in [4.78, 5) is 25.8. The van der Waals surface area contributed by atoms with Crippen molar-refractivity contribution in [3.63, 3.8) is 0 Å². The molecule has 0 unspecified atom stereocenters. The van der Waals surface area contributed by atoms with Crippen LogP contribution in [0.25, 0.3) is 0 Å². The van der Waals surface area contributed by atoms with Gasteiger partial charge < -0.3 is 9.84 Å². The van der Waals surface area contributed by atoms with Gasteiger partial charge in [0.1, 0.15) is 18.5 Å². The van der Waals surface area contributed by atoms with Gasteiger partial charge in [0.2, 0.25) is 11.8 Å². The van der Waals surface area contributed by atoms with Crippen LogP contribution < -0.4 is 4.74 Å². The Morgan fingerprint density at radius 1 is 1.18 bits per heavy atom. The van der Waals surface area contributed by atoms with E-state index in [0.29, 0.717) is 12.2 Å². The number of imide groups is 1. The molecule has 1 aliphatic carbocycles. The number of hydrogen-bond acceptors (Lipinski definition) is 4. The fraction of sp³-hybridized carbons (Fsp3) is 0.529. The van der Waals surface area contributed by atoms with Gasteiger partial charge in [0, 0.05) is 6.42 Å². The number of nitrogens with zero attached hydrogens (tertiary/aromatic N) is 1. The summed E-state index contributed by atoms with van der Waals surface area (Å²) in [6.45, 7) is 0.0837. The van der Waals surface area contributed by atoms with Crippen molar-refractivity contribution in [3.8, 4) is 5.75 Å². The van der Waals surface area contributed by atoms with Crippen LogP contribution in [0.1, 0.15) is 32.1 Å². The third-order valence-electron chi connectivity index (χ3n) is 4.63. The first-order valence-electron chi connectivity index (χ1n) is 7.81. The maximum atomic E-state index is 12.5. The first-order chi connectivity index (χ1) is 10.6. The predicted octanol–water partition coefficient (Wildman–Crippen LogP) is 1.75. The SMILES string of the molecule is O=C1CC2(CCCC2)C(=O)N1C[C@H](O)COc1ccccc1. The van der Waals surface area contributed by atoms with Crippen LogP contribution in [0.15, 0.2) is 30.3 Å². The van der Waals surface area contributed by atoms with Crippen molar-refractivity contribution in [2.45, 2.75) is 38.2 Å². The van der Waals surface area contributed by atoms with Gasteiger partial charge in [-0.2, -0.15) is 0 Å². The molecule has 1 aromatic rings. The number of rotatable bonds is 5. The van der Waals surface area contributed by atoms with Crippen LogP contribution in [0.4, 0.5) is 0 Å². The molecular weight excluding hydrogens is 282 g/mol. The normalized spacial score (nSPS) is 21.6. The van der Waals surface area contributed by atoms with Crippen LogP contribution in [-0.4, -0.2) is 41.1 Å². The number of carbonyl (C=O) groups excluding carboxylic acids is 2. The maximum Gasteiger partial charge on any atom is 0.235 e. The molecule has 0 radical (unpaired) electrons. The van der Waals surface area contributed by atoms with Crippen molar-refractivity contribution >= 4 is 11.8 Å². The van der Waals surface area contributed by atoms with Gasteiger partial charge in [-0.3, -0.25) is 14.5 Å². The molecule has 0 aromatic heterocycles. The molecule has 2 fully saturated rings. The summed E-state index contributed by atoms with van der Waals surface area (Å²) in [5, 5.41) is 10.1. The highest BCUT2D eigenvalue weighted by molar-refractivity contribution is 6.06. The van der Waals surface area contributed by atoms with Gasteiger partial charge in [0.15, 0.2) is 0 Å². The second-order valence-corrected chi connectivity index (χ2v) is 6.25. The minimum absolute atomic E-state index is 0.0201. The van der Waals surface area contributed by atoms with E-state index in [4.69, 9.17) is 4.74 Å². The molecule has 1 heterocycles. The van der Waals surface area contributed by atoms with Gasteiger partial charge >= 0.3 is 0 Å². The van der Waals surface area contributed by atoms with Gasteiger partial charge in [0.25, 0.3) is 0 Å². The summed E-state index contributed by atoms with van der Waals surface area (Å²) in [6.07, 6.45) is 3.04. The second kappa shape index (κ2) is 6.08. The number of carbonyl (C=O) groups is 2. The molecule has 3 rings (SSSR count). The van der Waals surface area contributed by atoms with Crippen molar-refractivity contribution in [2.75, 3.05) is 13.2 Å². The number of hydrogen-bond donors (Lipinski definition) is 1. The van der Waals surface area contributed by atoms with E-state index >= 15 is 0 Å². The summed E-state index contributed by atoms with van der Waals surface area (Å²) < 4.78 is 5.47. The lowest BCUT2D eigenvalue weighted by molar-refractivity contribution is -0.143. The molecule has 22 heavy (non-hydrogen) atoms. The molecule has 2 amide bonds. The van der Waals surface area contributed by atoms with Gasteiger partial charge in [-0.1, -0.05) is 31.0 Å². The van der Waals surface area contributed by atoms with Gasteiger partial charge in [-0.05, 0) is 25.0 Å². The number of para-hydroxylation sites is 1. The highest BCUT2D eigenvalue weighted by Crippen LogP contribution is 2.46. The van der Waals surface area contributed by atoms with Crippen molar-refractivity contribution < 1.29 is 19.4 Å². The van der Waals surface area contributed by atoms with Crippen LogP contribution >= 0.6 is 0 Å². The zero-order valence-corrected chi connectivity index (χ0v) is 12.5. The van der Waals surface area contributed by atoms with E-state index in [0.717, 1.165) is 25.7 Å².